The number of carbonyl (C=O) groups is 1. The van der Waals surface area contributed by atoms with Crippen molar-refractivity contribution >= 4 is 33.4 Å². The molecular weight excluding hydrogens is 330 g/mol. The van der Waals surface area contributed by atoms with Gasteiger partial charge in [-0.1, -0.05) is 40.4 Å². The molecule has 0 bridgehead atoms. The number of hydrogen-bond donors (Lipinski definition) is 1. The van der Waals surface area contributed by atoms with E-state index in [1.54, 1.807) is 18.0 Å². The van der Waals surface area contributed by atoms with Crippen molar-refractivity contribution in [2.24, 2.45) is 0 Å². The molecule has 1 fully saturated rings. The second-order valence-electron chi connectivity index (χ2n) is 4.95. The predicted molar refractivity (Wildman–Crippen MR) is 80.2 cm³/mol. The van der Waals surface area contributed by atoms with Crippen LogP contribution in [0.25, 0.3) is 0 Å². The van der Waals surface area contributed by atoms with Gasteiger partial charge in [0.1, 0.15) is 5.75 Å². The fourth-order valence-corrected chi connectivity index (χ4v) is 3.66. The molecule has 1 aromatic carbocycles. The Balaban J connectivity index is 2.20. The standard InChI is InChI=1S/C14H17BrClNO2/c1-17(13-5-3-2-4-11(13)15)14(19)10-8-9(18)6-7-12(10)16/h6-8,11,13,18H,2-5H2,1H3. The lowest BCUT2D eigenvalue weighted by Crippen LogP contribution is -2.44. The second-order valence-corrected chi connectivity index (χ2v) is 6.53. The fraction of sp³-hybridized carbons (Fsp3) is 0.500. The molecule has 0 aliphatic heterocycles. The van der Waals surface area contributed by atoms with Gasteiger partial charge < -0.3 is 10.0 Å². The average Bonchev–Trinajstić information content (AvgIpc) is 2.40. The molecule has 1 aliphatic carbocycles. The minimum absolute atomic E-state index is 0.0557. The molecule has 1 amide bonds. The van der Waals surface area contributed by atoms with Crippen molar-refractivity contribution in [2.75, 3.05) is 7.05 Å². The molecule has 1 aliphatic rings. The molecule has 104 valence electrons. The van der Waals surface area contributed by atoms with Crippen LogP contribution in [-0.2, 0) is 0 Å². The summed E-state index contributed by atoms with van der Waals surface area (Å²) in [5.74, 6) is -0.0857. The molecular formula is C14H17BrClNO2. The van der Waals surface area contributed by atoms with Crippen LogP contribution < -0.4 is 0 Å². The van der Waals surface area contributed by atoms with Crippen molar-refractivity contribution in [3.8, 4) is 5.75 Å². The minimum Gasteiger partial charge on any atom is -0.508 e. The van der Waals surface area contributed by atoms with Crippen molar-refractivity contribution in [3.05, 3.63) is 28.8 Å². The summed E-state index contributed by atoms with van der Waals surface area (Å²) in [5, 5.41) is 9.86. The second kappa shape index (κ2) is 6.14. The first-order valence-electron chi connectivity index (χ1n) is 6.40. The molecule has 1 N–H and O–H groups in total. The van der Waals surface area contributed by atoms with Crippen LogP contribution in [0.3, 0.4) is 0 Å². The molecule has 2 rings (SSSR count). The molecule has 0 aromatic heterocycles. The third-order valence-electron chi connectivity index (χ3n) is 3.65. The number of aromatic hydroxyl groups is 1. The van der Waals surface area contributed by atoms with Crippen LogP contribution in [0.2, 0.25) is 5.02 Å². The number of carbonyl (C=O) groups excluding carboxylic acids is 1. The number of halogens is 2. The lowest BCUT2D eigenvalue weighted by atomic mass is 9.94. The van der Waals surface area contributed by atoms with E-state index in [-0.39, 0.29) is 17.7 Å². The van der Waals surface area contributed by atoms with Crippen LogP contribution >= 0.6 is 27.5 Å². The average molecular weight is 347 g/mol. The van der Waals surface area contributed by atoms with Crippen LogP contribution in [0.15, 0.2) is 18.2 Å². The van der Waals surface area contributed by atoms with E-state index in [9.17, 15) is 9.90 Å². The van der Waals surface area contributed by atoms with Gasteiger partial charge in [0.2, 0.25) is 0 Å². The summed E-state index contributed by atoms with van der Waals surface area (Å²) < 4.78 is 0. The van der Waals surface area contributed by atoms with Crippen molar-refractivity contribution < 1.29 is 9.90 Å². The normalized spacial score (nSPS) is 23.1. The Morgan fingerprint density at radius 2 is 2.11 bits per heavy atom. The smallest absolute Gasteiger partial charge is 0.255 e. The van der Waals surface area contributed by atoms with E-state index in [2.05, 4.69) is 15.9 Å². The number of amides is 1. The molecule has 3 nitrogen and oxygen atoms in total. The highest BCUT2D eigenvalue weighted by Crippen LogP contribution is 2.30. The Kier molecular flexibility index (Phi) is 4.74. The lowest BCUT2D eigenvalue weighted by Gasteiger charge is -2.35. The van der Waals surface area contributed by atoms with Crippen LogP contribution in [-0.4, -0.2) is 33.8 Å². The monoisotopic (exact) mass is 345 g/mol. The Bertz CT molecular complexity index is 481. The number of rotatable bonds is 2. The topological polar surface area (TPSA) is 40.5 Å². The highest BCUT2D eigenvalue weighted by Gasteiger charge is 2.30. The summed E-state index contributed by atoms with van der Waals surface area (Å²) in [4.78, 5) is 14.5. The first kappa shape index (κ1) is 14.7. The number of nitrogens with zero attached hydrogens (tertiary/aromatic N) is 1. The Morgan fingerprint density at radius 3 is 2.79 bits per heavy atom. The van der Waals surface area contributed by atoms with E-state index >= 15 is 0 Å². The largest absolute Gasteiger partial charge is 0.508 e. The zero-order chi connectivity index (χ0) is 14.0. The third kappa shape index (κ3) is 3.23. The maximum Gasteiger partial charge on any atom is 0.255 e. The molecule has 5 heteroatoms. The number of alkyl halides is 1. The highest BCUT2D eigenvalue weighted by molar-refractivity contribution is 9.09. The van der Waals surface area contributed by atoms with Gasteiger partial charge in [0.05, 0.1) is 10.6 Å². The summed E-state index contributed by atoms with van der Waals surface area (Å²) in [6.45, 7) is 0. The first-order chi connectivity index (χ1) is 9.00. The third-order valence-corrected chi connectivity index (χ3v) is 5.04. The number of phenolic OH excluding ortho intramolecular Hbond substituents is 1. The van der Waals surface area contributed by atoms with E-state index in [4.69, 9.17) is 11.6 Å². The minimum atomic E-state index is -0.141. The van der Waals surface area contributed by atoms with E-state index in [1.165, 1.54) is 18.6 Å². The molecule has 1 aromatic rings. The molecule has 0 saturated heterocycles. The number of hydrogen-bond acceptors (Lipinski definition) is 2. The molecule has 0 radical (unpaired) electrons. The van der Waals surface area contributed by atoms with Crippen LogP contribution in [0.1, 0.15) is 36.0 Å². The maximum absolute atomic E-state index is 12.5. The Hall–Kier alpha value is -0.740. The van der Waals surface area contributed by atoms with Crippen molar-refractivity contribution in [3.63, 3.8) is 0 Å². The van der Waals surface area contributed by atoms with Gasteiger partial charge in [-0.15, -0.1) is 0 Å². The van der Waals surface area contributed by atoms with Gasteiger partial charge in [0, 0.05) is 17.9 Å². The van der Waals surface area contributed by atoms with Crippen molar-refractivity contribution in [2.45, 2.75) is 36.6 Å². The van der Waals surface area contributed by atoms with Gasteiger partial charge in [-0.2, -0.15) is 0 Å². The zero-order valence-electron chi connectivity index (χ0n) is 10.8. The predicted octanol–water partition coefficient (Wildman–Crippen LogP) is 3.82. The van der Waals surface area contributed by atoms with Crippen molar-refractivity contribution in [1.82, 2.24) is 4.90 Å². The molecule has 0 spiro atoms. The van der Waals surface area contributed by atoms with Gasteiger partial charge in [-0.05, 0) is 31.0 Å². The number of benzene rings is 1. The van der Waals surface area contributed by atoms with E-state index < -0.39 is 0 Å². The first-order valence-corrected chi connectivity index (χ1v) is 7.70. The molecule has 0 heterocycles. The molecule has 2 atom stereocenters. The summed E-state index contributed by atoms with van der Waals surface area (Å²) in [5.41, 5.74) is 0.356. The lowest BCUT2D eigenvalue weighted by molar-refractivity contribution is 0.0704. The van der Waals surface area contributed by atoms with Gasteiger partial charge in [0.15, 0.2) is 0 Å². The van der Waals surface area contributed by atoms with Gasteiger partial charge in [0.25, 0.3) is 5.91 Å². The van der Waals surface area contributed by atoms with Gasteiger partial charge >= 0.3 is 0 Å². The SMILES string of the molecule is CN(C(=O)c1cc(O)ccc1Cl)C1CCCCC1Br. The summed E-state index contributed by atoms with van der Waals surface area (Å²) in [6, 6.07) is 4.63. The van der Waals surface area contributed by atoms with Gasteiger partial charge in [-0.3, -0.25) is 4.79 Å². The number of phenols is 1. The van der Waals surface area contributed by atoms with E-state index in [1.807, 2.05) is 0 Å². The van der Waals surface area contributed by atoms with Crippen LogP contribution in [0.5, 0.6) is 5.75 Å². The van der Waals surface area contributed by atoms with Crippen molar-refractivity contribution in [1.29, 1.82) is 0 Å². The quantitative estimate of drug-likeness (QED) is 0.827. The molecule has 1 saturated carbocycles. The molecule has 19 heavy (non-hydrogen) atoms. The van der Waals surface area contributed by atoms with E-state index in [0.29, 0.717) is 15.4 Å². The Labute approximate surface area is 126 Å². The van der Waals surface area contributed by atoms with Gasteiger partial charge in [-0.25, -0.2) is 0 Å². The summed E-state index contributed by atoms with van der Waals surface area (Å²) in [6.07, 6.45) is 4.41. The highest BCUT2D eigenvalue weighted by atomic mass is 79.9. The molecule has 2 unspecified atom stereocenters. The van der Waals surface area contributed by atoms with E-state index in [0.717, 1.165) is 19.3 Å². The summed E-state index contributed by atoms with van der Waals surface area (Å²) >= 11 is 9.69. The Morgan fingerprint density at radius 1 is 1.42 bits per heavy atom. The van der Waals surface area contributed by atoms with Crippen LogP contribution in [0, 0.1) is 0 Å². The fourth-order valence-electron chi connectivity index (χ4n) is 2.52. The maximum atomic E-state index is 12.5. The zero-order valence-corrected chi connectivity index (χ0v) is 13.1. The van der Waals surface area contributed by atoms with Crippen LogP contribution in [0.4, 0.5) is 0 Å². The summed E-state index contributed by atoms with van der Waals surface area (Å²) in [7, 11) is 1.80.